The Morgan fingerprint density at radius 1 is 0.957 bits per heavy atom. The van der Waals surface area contributed by atoms with Crippen molar-refractivity contribution in [3.8, 4) is 0 Å². The van der Waals surface area contributed by atoms with Gasteiger partial charge >= 0.3 is 0 Å². The Labute approximate surface area is 135 Å². The summed E-state index contributed by atoms with van der Waals surface area (Å²) in [4.78, 5) is 26.6. The SMILES string of the molecule is NC(=O)/C(=C1\CCCN(c2ccccc2)C1=O)c1ccccc1. The van der Waals surface area contributed by atoms with Crippen LogP contribution in [0, 0.1) is 0 Å². The van der Waals surface area contributed by atoms with Gasteiger partial charge in [0.1, 0.15) is 0 Å². The third kappa shape index (κ3) is 3.01. The number of amides is 2. The van der Waals surface area contributed by atoms with Crippen LogP contribution in [0.2, 0.25) is 0 Å². The van der Waals surface area contributed by atoms with Crippen LogP contribution in [-0.4, -0.2) is 18.4 Å². The Balaban J connectivity index is 2.06. The summed E-state index contributed by atoms with van der Waals surface area (Å²) in [5.41, 5.74) is 7.94. The van der Waals surface area contributed by atoms with E-state index in [4.69, 9.17) is 5.73 Å². The highest BCUT2D eigenvalue weighted by atomic mass is 16.2. The van der Waals surface area contributed by atoms with Crippen LogP contribution in [0.25, 0.3) is 5.57 Å². The summed E-state index contributed by atoms with van der Waals surface area (Å²) in [5, 5.41) is 0. The first-order valence-corrected chi connectivity index (χ1v) is 7.64. The highest BCUT2D eigenvalue weighted by molar-refractivity contribution is 6.27. The third-order valence-electron chi connectivity index (χ3n) is 3.99. The van der Waals surface area contributed by atoms with Crippen LogP contribution in [0.3, 0.4) is 0 Å². The number of anilines is 1. The molecular weight excluding hydrogens is 288 g/mol. The van der Waals surface area contributed by atoms with Gasteiger partial charge in [0.15, 0.2) is 0 Å². The summed E-state index contributed by atoms with van der Waals surface area (Å²) in [5.74, 6) is -0.699. The van der Waals surface area contributed by atoms with E-state index in [9.17, 15) is 9.59 Å². The predicted molar refractivity (Wildman–Crippen MR) is 90.6 cm³/mol. The first kappa shape index (κ1) is 15.0. The van der Waals surface area contributed by atoms with Crippen LogP contribution in [-0.2, 0) is 9.59 Å². The molecule has 1 aliphatic heterocycles. The molecule has 23 heavy (non-hydrogen) atoms. The summed E-state index contributed by atoms with van der Waals surface area (Å²) < 4.78 is 0. The van der Waals surface area contributed by atoms with Crippen LogP contribution < -0.4 is 10.6 Å². The van der Waals surface area contributed by atoms with Gasteiger partial charge in [0.05, 0.1) is 5.57 Å². The first-order valence-electron chi connectivity index (χ1n) is 7.64. The number of nitrogens with two attached hydrogens (primary N) is 1. The number of carbonyl (C=O) groups is 2. The lowest BCUT2D eigenvalue weighted by atomic mass is 9.92. The molecule has 0 saturated carbocycles. The van der Waals surface area contributed by atoms with Gasteiger partial charge in [-0.3, -0.25) is 9.59 Å². The normalized spacial score (nSPS) is 17.0. The molecule has 2 aromatic carbocycles. The second-order valence-electron chi connectivity index (χ2n) is 5.48. The number of hydrogen-bond acceptors (Lipinski definition) is 2. The zero-order chi connectivity index (χ0) is 16.2. The molecule has 0 spiro atoms. The van der Waals surface area contributed by atoms with Crippen LogP contribution in [0.5, 0.6) is 0 Å². The largest absolute Gasteiger partial charge is 0.366 e. The van der Waals surface area contributed by atoms with Crippen molar-refractivity contribution in [3.05, 3.63) is 71.8 Å². The van der Waals surface area contributed by atoms with E-state index in [1.54, 1.807) is 4.90 Å². The summed E-state index contributed by atoms with van der Waals surface area (Å²) in [7, 11) is 0. The van der Waals surface area contributed by atoms with Gasteiger partial charge in [0.25, 0.3) is 5.91 Å². The van der Waals surface area contributed by atoms with Crippen molar-refractivity contribution in [3.63, 3.8) is 0 Å². The summed E-state index contributed by atoms with van der Waals surface area (Å²) in [6.45, 7) is 0.646. The van der Waals surface area contributed by atoms with Crippen molar-refractivity contribution in [2.75, 3.05) is 11.4 Å². The van der Waals surface area contributed by atoms with E-state index < -0.39 is 5.91 Å². The number of carbonyl (C=O) groups excluding carboxylic acids is 2. The molecule has 2 amide bonds. The molecule has 1 aliphatic rings. The van der Waals surface area contributed by atoms with Crippen molar-refractivity contribution >= 4 is 23.1 Å². The Hall–Kier alpha value is -2.88. The Kier molecular flexibility index (Phi) is 4.24. The third-order valence-corrected chi connectivity index (χ3v) is 3.99. The van der Waals surface area contributed by atoms with Crippen LogP contribution in [0.15, 0.2) is 66.2 Å². The molecule has 3 rings (SSSR count). The van der Waals surface area contributed by atoms with Gasteiger partial charge in [0.2, 0.25) is 5.91 Å². The van der Waals surface area contributed by atoms with Crippen molar-refractivity contribution < 1.29 is 9.59 Å². The molecule has 2 N–H and O–H groups in total. The molecule has 1 saturated heterocycles. The molecular formula is C19H18N2O2. The maximum atomic E-state index is 12.9. The van der Waals surface area contributed by atoms with Gasteiger partial charge in [-0.25, -0.2) is 0 Å². The molecule has 1 heterocycles. The molecule has 0 bridgehead atoms. The van der Waals surface area contributed by atoms with Crippen LogP contribution >= 0.6 is 0 Å². The van der Waals surface area contributed by atoms with Crippen molar-refractivity contribution in [1.82, 2.24) is 0 Å². The lowest BCUT2D eigenvalue weighted by molar-refractivity contribution is -0.117. The van der Waals surface area contributed by atoms with E-state index in [-0.39, 0.29) is 5.91 Å². The number of rotatable bonds is 3. The summed E-state index contributed by atoms with van der Waals surface area (Å²) >= 11 is 0. The zero-order valence-electron chi connectivity index (χ0n) is 12.7. The van der Waals surface area contributed by atoms with E-state index >= 15 is 0 Å². The highest BCUT2D eigenvalue weighted by Crippen LogP contribution is 2.29. The van der Waals surface area contributed by atoms with Gasteiger partial charge in [-0.05, 0) is 30.5 Å². The minimum atomic E-state index is -0.561. The van der Waals surface area contributed by atoms with Crippen molar-refractivity contribution in [2.45, 2.75) is 12.8 Å². The quantitative estimate of drug-likeness (QED) is 0.886. The van der Waals surface area contributed by atoms with Gasteiger partial charge in [-0.15, -0.1) is 0 Å². The Morgan fingerprint density at radius 2 is 1.57 bits per heavy atom. The second kappa shape index (κ2) is 6.48. The van der Waals surface area contributed by atoms with Crippen LogP contribution in [0.1, 0.15) is 18.4 Å². The van der Waals surface area contributed by atoms with E-state index in [0.717, 1.165) is 12.1 Å². The fraction of sp³-hybridized carbons (Fsp3) is 0.158. The fourth-order valence-electron chi connectivity index (χ4n) is 2.94. The number of para-hydroxylation sites is 1. The maximum absolute atomic E-state index is 12.9. The number of benzene rings is 2. The number of nitrogens with zero attached hydrogens (tertiary/aromatic N) is 1. The molecule has 0 unspecified atom stereocenters. The number of piperidine rings is 1. The smallest absolute Gasteiger partial charge is 0.255 e. The lowest BCUT2D eigenvalue weighted by Gasteiger charge is -2.29. The fourth-order valence-corrected chi connectivity index (χ4v) is 2.94. The maximum Gasteiger partial charge on any atom is 0.255 e. The number of hydrogen-bond donors (Lipinski definition) is 1. The molecule has 4 heteroatoms. The molecule has 0 radical (unpaired) electrons. The molecule has 2 aromatic rings. The molecule has 1 fully saturated rings. The topological polar surface area (TPSA) is 63.4 Å². The molecule has 4 nitrogen and oxygen atoms in total. The zero-order valence-corrected chi connectivity index (χ0v) is 12.7. The molecule has 0 aromatic heterocycles. The van der Waals surface area contributed by atoms with Gasteiger partial charge in [-0.2, -0.15) is 0 Å². The Bertz CT molecular complexity index is 751. The molecule has 116 valence electrons. The van der Waals surface area contributed by atoms with Gasteiger partial charge in [0, 0.05) is 17.8 Å². The van der Waals surface area contributed by atoms with E-state index in [1.807, 2.05) is 60.7 Å². The monoisotopic (exact) mass is 306 g/mol. The average molecular weight is 306 g/mol. The minimum Gasteiger partial charge on any atom is -0.366 e. The molecule has 0 aliphatic carbocycles. The number of primary amides is 1. The predicted octanol–water partition coefficient (Wildman–Crippen LogP) is 2.75. The van der Waals surface area contributed by atoms with E-state index in [1.165, 1.54) is 0 Å². The van der Waals surface area contributed by atoms with Crippen LogP contribution in [0.4, 0.5) is 5.69 Å². The van der Waals surface area contributed by atoms with Gasteiger partial charge in [-0.1, -0.05) is 48.5 Å². The van der Waals surface area contributed by atoms with E-state index in [0.29, 0.717) is 29.7 Å². The Morgan fingerprint density at radius 3 is 2.17 bits per heavy atom. The minimum absolute atomic E-state index is 0.139. The summed E-state index contributed by atoms with van der Waals surface area (Å²) in [6.07, 6.45) is 1.37. The van der Waals surface area contributed by atoms with E-state index in [2.05, 4.69) is 0 Å². The van der Waals surface area contributed by atoms with Gasteiger partial charge < -0.3 is 10.6 Å². The first-order chi connectivity index (χ1) is 11.2. The standard InChI is InChI=1S/C19H18N2O2/c20-18(22)17(14-8-3-1-4-9-14)16-12-7-13-21(19(16)23)15-10-5-2-6-11-15/h1-6,8-11H,7,12-13H2,(H2,20,22)/b17-16+. The van der Waals surface area contributed by atoms with Crippen molar-refractivity contribution in [1.29, 1.82) is 0 Å². The second-order valence-corrected chi connectivity index (χ2v) is 5.48. The van der Waals surface area contributed by atoms with Crippen molar-refractivity contribution in [2.24, 2.45) is 5.73 Å². The highest BCUT2D eigenvalue weighted by Gasteiger charge is 2.29. The molecule has 0 atom stereocenters. The summed E-state index contributed by atoms with van der Waals surface area (Å²) in [6, 6.07) is 18.6. The lowest BCUT2D eigenvalue weighted by Crippen LogP contribution is -2.38. The average Bonchev–Trinajstić information content (AvgIpc) is 2.58.